The van der Waals surface area contributed by atoms with E-state index in [1.165, 1.54) is 10.6 Å². The quantitative estimate of drug-likeness (QED) is 0.745. The maximum Gasteiger partial charge on any atom is 0.231 e. The van der Waals surface area contributed by atoms with E-state index in [0.717, 1.165) is 11.8 Å². The van der Waals surface area contributed by atoms with Gasteiger partial charge in [-0.25, -0.2) is 8.42 Å². The van der Waals surface area contributed by atoms with E-state index in [4.69, 9.17) is 13.9 Å². The number of carbonyl (C=O) groups excluding carboxylic acids is 1. The molecule has 0 bridgehead atoms. The minimum Gasteiger partial charge on any atom is -0.467 e. The number of furan rings is 1. The van der Waals surface area contributed by atoms with Gasteiger partial charge in [-0.3, -0.25) is 4.79 Å². The number of hydrogen-bond acceptors (Lipinski definition) is 6. The summed E-state index contributed by atoms with van der Waals surface area (Å²) < 4.78 is 41.1. The Labute approximate surface area is 151 Å². The summed E-state index contributed by atoms with van der Waals surface area (Å²) >= 11 is 0. The maximum absolute atomic E-state index is 12.0. The summed E-state index contributed by atoms with van der Waals surface area (Å²) in [5.41, 5.74) is 0.760. The van der Waals surface area contributed by atoms with Crippen molar-refractivity contribution in [3.63, 3.8) is 0 Å². The van der Waals surface area contributed by atoms with Crippen LogP contribution in [0, 0.1) is 0 Å². The molecule has 1 aromatic carbocycles. The van der Waals surface area contributed by atoms with Crippen molar-refractivity contribution in [1.29, 1.82) is 0 Å². The first-order valence-electron chi connectivity index (χ1n) is 8.04. The van der Waals surface area contributed by atoms with Gasteiger partial charge < -0.3 is 19.2 Å². The molecule has 0 saturated carbocycles. The third-order valence-electron chi connectivity index (χ3n) is 3.89. The number of benzene rings is 1. The van der Waals surface area contributed by atoms with Crippen LogP contribution in [0.4, 0.5) is 0 Å². The van der Waals surface area contributed by atoms with E-state index in [0.29, 0.717) is 17.3 Å². The number of carbonyl (C=O) groups is 1. The van der Waals surface area contributed by atoms with Gasteiger partial charge in [-0.05, 0) is 29.8 Å². The van der Waals surface area contributed by atoms with Crippen molar-refractivity contribution in [2.75, 3.05) is 19.6 Å². The molecule has 9 heteroatoms. The fourth-order valence-corrected chi connectivity index (χ4v) is 3.33. The van der Waals surface area contributed by atoms with Crippen molar-refractivity contribution in [2.24, 2.45) is 0 Å². The molecule has 0 atom stereocenters. The fraction of sp³-hybridized carbons (Fsp3) is 0.353. The lowest BCUT2D eigenvalue weighted by molar-refractivity contribution is -0.121. The van der Waals surface area contributed by atoms with Crippen LogP contribution in [0.3, 0.4) is 0 Å². The first kappa shape index (κ1) is 18.3. The van der Waals surface area contributed by atoms with E-state index in [1.807, 2.05) is 0 Å². The second-order valence-corrected chi connectivity index (χ2v) is 7.87. The molecule has 0 saturated heterocycles. The van der Waals surface area contributed by atoms with Crippen LogP contribution >= 0.6 is 0 Å². The molecule has 0 spiro atoms. The predicted octanol–water partition coefficient (Wildman–Crippen LogP) is 1.48. The van der Waals surface area contributed by atoms with Crippen LogP contribution < -0.4 is 14.8 Å². The van der Waals surface area contributed by atoms with Gasteiger partial charge in [0.25, 0.3) is 0 Å². The average molecular weight is 380 g/mol. The van der Waals surface area contributed by atoms with Crippen molar-refractivity contribution in [1.82, 2.24) is 9.62 Å². The Kier molecular flexibility index (Phi) is 5.48. The van der Waals surface area contributed by atoms with Crippen LogP contribution in [-0.4, -0.2) is 38.2 Å². The molecule has 1 N–H and O–H groups in total. The van der Waals surface area contributed by atoms with Crippen molar-refractivity contribution < 1.29 is 27.1 Å². The molecular weight excluding hydrogens is 360 g/mol. The summed E-state index contributed by atoms with van der Waals surface area (Å²) in [6.45, 7) is 0.662. The van der Waals surface area contributed by atoms with Gasteiger partial charge in [-0.2, -0.15) is 4.31 Å². The molecule has 1 aliphatic rings. The Morgan fingerprint density at radius 3 is 2.77 bits per heavy atom. The summed E-state index contributed by atoms with van der Waals surface area (Å²) in [4.78, 5) is 12.0. The fourth-order valence-electron chi connectivity index (χ4n) is 2.52. The Hall–Kier alpha value is -2.52. The van der Waals surface area contributed by atoms with Gasteiger partial charge in [0.1, 0.15) is 5.76 Å². The standard InChI is InChI=1S/C17H20N2O6S/c1-26(21,22)19(7-6-17(20)18-10-14-3-2-8-23-14)11-13-4-5-15-16(9-13)25-12-24-15/h2-5,8-9H,6-7,10-12H2,1H3,(H,18,20). The highest BCUT2D eigenvalue weighted by atomic mass is 32.2. The van der Waals surface area contributed by atoms with E-state index in [9.17, 15) is 13.2 Å². The first-order chi connectivity index (χ1) is 12.4. The molecule has 2 aromatic rings. The van der Waals surface area contributed by atoms with Crippen LogP contribution in [0.15, 0.2) is 41.0 Å². The number of nitrogens with zero attached hydrogens (tertiary/aromatic N) is 1. The minimum absolute atomic E-state index is 0.0539. The molecule has 0 unspecified atom stereocenters. The Morgan fingerprint density at radius 1 is 1.23 bits per heavy atom. The van der Waals surface area contributed by atoms with Gasteiger partial charge in [0, 0.05) is 19.5 Å². The summed E-state index contributed by atoms with van der Waals surface area (Å²) in [7, 11) is -3.47. The van der Waals surface area contributed by atoms with E-state index < -0.39 is 10.0 Å². The first-order valence-corrected chi connectivity index (χ1v) is 9.89. The molecule has 140 valence electrons. The van der Waals surface area contributed by atoms with Crippen LogP contribution in [0.2, 0.25) is 0 Å². The van der Waals surface area contributed by atoms with Crippen LogP contribution in [-0.2, 0) is 27.9 Å². The summed E-state index contributed by atoms with van der Waals surface area (Å²) in [5, 5.41) is 2.70. The van der Waals surface area contributed by atoms with Crippen LogP contribution in [0.1, 0.15) is 17.7 Å². The highest BCUT2D eigenvalue weighted by molar-refractivity contribution is 7.88. The molecule has 0 radical (unpaired) electrons. The molecule has 3 rings (SSSR count). The Morgan fingerprint density at radius 2 is 2.04 bits per heavy atom. The van der Waals surface area contributed by atoms with Crippen molar-refractivity contribution in [3.05, 3.63) is 47.9 Å². The van der Waals surface area contributed by atoms with Gasteiger partial charge in [0.05, 0.1) is 19.1 Å². The Balaban J connectivity index is 1.57. The van der Waals surface area contributed by atoms with E-state index in [2.05, 4.69) is 5.32 Å². The third-order valence-corrected chi connectivity index (χ3v) is 5.14. The van der Waals surface area contributed by atoms with Gasteiger partial charge in [-0.15, -0.1) is 0 Å². The molecule has 1 aliphatic heterocycles. The molecule has 1 aromatic heterocycles. The lowest BCUT2D eigenvalue weighted by Crippen LogP contribution is -2.34. The number of rotatable bonds is 8. The molecule has 2 heterocycles. The van der Waals surface area contributed by atoms with Crippen molar-refractivity contribution >= 4 is 15.9 Å². The highest BCUT2D eigenvalue weighted by Crippen LogP contribution is 2.32. The second kappa shape index (κ2) is 7.79. The zero-order valence-corrected chi connectivity index (χ0v) is 15.1. The molecular formula is C17H20N2O6S. The smallest absolute Gasteiger partial charge is 0.231 e. The number of nitrogens with one attached hydrogen (secondary N) is 1. The third kappa shape index (κ3) is 4.77. The van der Waals surface area contributed by atoms with Gasteiger partial charge in [0.15, 0.2) is 11.5 Å². The van der Waals surface area contributed by atoms with Gasteiger partial charge in [-0.1, -0.05) is 6.07 Å². The number of fused-ring (bicyclic) bond motifs is 1. The molecule has 0 fully saturated rings. The second-order valence-electron chi connectivity index (χ2n) is 5.89. The summed E-state index contributed by atoms with van der Waals surface area (Å²) in [6, 6.07) is 8.76. The SMILES string of the molecule is CS(=O)(=O)N(CCC(=O)NCc1ccco1)Cc1ccc2c(c1)OCO2. The lowest BCUT2D eigenvalue weighted by Gasteiger charge is -2.20. The number of sulfonamides is 1. The number of amides is 1. The van der Waals surface area contributed by atoms with E-state index in [1.54, 1.807) is 30.3 Å². The minimum atomic E-state index is -3.47. The van der Waals surface area contributed by atoms with E-state index >= 15 is 0 Å². The van der Waals surface area contributed by atoms with Crippen LogP contribution in [0.25, 0.3) is 0 Å². The summed E-state index contributed by atoms with van der Waals surface area (Å²) in [5.74, 6) is 1.61. The largest absolute Gasteiger partial charge is 0.467 e. The van der Waals surface area contributed by atoms with Gasteiger partial charge in [0.2, 0.25) is 22.7 Å². The van der Waals surface area contributed by atoms with Crippen molar-refractivity contribution in [3.8, 4) is 11.5 Å². The monoisotopic (exact) mass is 380 g/mol. The summed E-state index contributed by atoms with van der Waals surface area (Å²) in [6.07, 6.45) is 2.71. The zero-order chi connectivity index (χ0) is 18.6. The van der Waals surface area contributed by atoms with E-state index in [-0.39, 0.29) is 38.8 Å². The van der Waals surface area contributed by atoms with Crippen molar-refractivity contribution in [2.45, 2.75) is 19.5 Å². The Bertz CT molecular complexity index is 863. The maximum atomic E-state index is 12.0. The molecule has 1 amide bonds. The topological polar surface area (TPSA) is 98.1 Å². The normalized spacial score (nSPS) is 13.2. The lowest BCUT2D eigenvalue weighted by atomic mass is 10.2. The number of hydrogen-bond donors (Lipinski definition) is 1. The molecule has 8 nitrogen and oxygen atoms in total. The van der Waals surface area contributed by atoms with Crippen LogP contribution in [0.5, 0.6) is 11.5 Å². The molecule has 26 heavy (non-hydrogen) atoms. The molecule has 0 aliphatic carbocycles. The predicted molar refractivity (Wildman–Crippen MR) is 93.0 cm³/mol. The van der Waals surface area contributed by atoms with Gasteiger partial charge >= 0.3 is 0 Å². The highest BCUT2D eigenvalue weighted by Gasteiger charge is 2.20. The zero-order valence-electron chi connectivity index (χ0n) is 14.3. The average Bonchev–Trinajstić information content (AvgIpc) is 3.26. The number of ether oxygens (including phenoxy) is 2.